The molecule has 146 valence electrons. The number of nitrogens with one attached hydrogen (secondary N) is 1. The summed E-state index contributed by atoms with van der Waals surface area (Å²) in [6.45, 7) is 9.87. The second-order valence-corrected chi connectivity index (χ2v) is 8.09. The molecule has 3 amide bonds. The van der Waals surface area contributed by atoms with Gasteiger partial charge in [0.1, 0.15) is 0 Å². The molecule has 2 aliphatic heterocycles. The number of urea groups is 1. The molecule has 2 heterocycles. The number of carbonyl (C=O) groups excluding carboxylic acids is 2. The SMILES string of the molecule is CC(C)CC(C)(CN)NC(=O)C1CCN(C(=O)N2CCCC2)CC1.Cl. The average Bonchev–Trinajstić information content (AvgIpc) is 3.08. The lowest BCUT2D eigenvalue weighted by Gasteiger charge is -2.37. The molecule has 1 unspecified atom stereocenters. The van der Waals surface area contributed by atoms with Crippen molar-refractivity contribution in [1.82, 2.24) is 15.1 Å². The van der Waals surface area contributed by atoms with Crippen molar-refractivity contribution in [2.45, 2.75) is 58.4 Å². The zero-order valence-electron chi connectivity index (χ0n) is 15.9. The van der Waals surface area contributed by atoms with Crippen LogP contribution in [0.1, 0.15) is 52.9 Å². The molecule has 0 spiro atoms. The van der Waals surface area contributed by atoms with E-state index in [0.717, 1.165) is 45.2 Å². The quantitative estimate of drug-likeness (QED) is 0.774. The number of halogens is 1. The van der Waals surface area contributed by atoms with Crippen LogP contribution in [0.3, 0.4) is 0 Å². The van der Waals surface area contributed by atoms with E-state index in [9.17, 15) is 9.59 Å². The first-order valence-corrected chi connectivity index (χ1v) is 9.40. The van der Waals surface area contributed by atoms with E-state index in [1.165, 1.54) is 0 Å². The van der Waals surface area contributed by atoms with Gasteiger partial charge in [-0.15, -0.1) is 12.4 Å². The third kappa shape index (κ3) is 6.03. The highest BCUT2D eigenvalue weighted by Gasteiger charge is 2.33. The molecule has 25 heavy (non-hydrogen) atoms. The smallest absolute Gasteiger partial charge is 0.319 e. The molecule has 1 atom stereocenters. The highest BCUT2D eigenvalue weighted by Crippen LogP contribution is 2.22. The van der Waals surface area contributed by atoms with E-state index in [2.05, 4.69) is 19.2 Å². The molecule has 2 fully saturated rings. The molecule has 2 rings (SSSR count). The maximum Gasteiger partial charge on any atom is 0.319 e. The number of nitrogens with zero attached hydrogens (tertiary/aromatic N) is 2. The van der Waals surface area contributed by atoms with Crippen molar-refractivity contribution in [2.75, 3.05) is 32.7 Å². The number of piperidine rings is 1. The van der Waals surface area contributed by atoms with Crippen LogP contribution in [0.15, 0.2) is 0 Å². The number of hydrogen-bond acceptors (Lipinski definition) is 3. The van der Waals surface area contributed by atoms with E-state index in [1.54, 1.807) is 0 Å². The number of rotatable bonds is 5. The minimum absolute atomic E-state index is 0. The van der Waals surface area contributed by atoms with Gasteiger partial charge in [0.2, 0.25) is 5.91 Å². The van der Waals surface area contributed by atoms with E-state index in [4.69, 9.17) is 5.73 Å². The summed E-state index contributed by atoms with van der Waals surface area (Å²) in [7, 11) is 0. The maximum atomic E-state index is 12.6. The molecule has 7 heteroatoms. The van der Waals surface area contributed by atoms with Crippen molar-refractivity contribution in [2.24, 2.45) is 17.6 Å². The average molecular weight is 375 g/mol. The van der Waals surface area contributed by atoms with Crippen LogP contribution in [0, 0.1) is 11.8 Å². The Bertz CT molecular complexity index is 446. The molecule has 0 aromatic rings. The van der Waals surface area contributed by atoms with Crippen molar-refractivity contribution in [1.29, 1.82) is 0 Å². The number of amides is 3. The Labute approximate surface area is 158 Å². The topological polar surface area (TPSA) is 78.7 Å². The fourth-order valence-corrected chi connectivity index (χ4v) is 3.93. The molecule has 0 aromatic carbocycles. The van der Waals surface area contributed by atoms with Gasteiger partial charge in [0.25, 0.3) is 0 Å². The van der Waals surface area contributed by atoms with Crippen LogP contribution in [-0.4, -0.2) is 60.0 Å². The molecule has 0 saturated carbocycles. The predicted molar refractivity (Wildman–Crippen MR) is 103 cm³/mol. The van der Waals surface area contributed by atoms with Gasteiger partial charge >= 0.3 is 6.03 Å². The van der Waals surface area contributed by atoms with E-state index in [0.29, 0.717) is 25.6 Å². The minimum Gasteiger partial charge on any atom is -0.349 e. The van der Waals surface area contributed by atoms with Gasteiger partial charge in [-0.2, -0.15) is 0 Å². The van der Waals surface area contributed by atoms with Crippen molar-refractivity contribution < 1.29 is 9.59 Å². The normalized spacial score (nSPS) is 21.0. The lowest BCUT2D eigenvalue weighted by Crippen LogP contribution is -2.55. The van der Waals surface area contributed by atoms with Gasteiger partial charge in [-0.25, -0.2) is 4.79 Å². The van der Waals surface area contributed by atoms with E-state index in [1.807, 2.05) is 16.7 Å². The van der Waals surface area contributed by atoms with Gasteiger partial charge in [0, 0.05) is 44.2 Å². The summed E-state index contributed by atoms with van der Waals surface area (Å²) in [6.07, 6.45) is 4.58. The van der Waals surface area contributed by atoms with Crippen LogP contribution in [0.5, 0.6) is 0 Å². The Hall–Kier alpha value is -1.01. The summed E-state index contributed by atoms with van der Waals surface area (Å²) in [5.41, 5.74) is 5.55. The Morgan fingerprint density at radius 3 is 2.12 bits per heavy atom. The second kappa shape index (κ2) is 9.62. The molecule has 2 saturated heterocycles. The summed E-state index contributed by atoms with van der Waals surface area (Å²) in [4.78, 5) is 28.9. The number of likely N-dealkylation sites (tertiary alicyclic amines) is 2. The van der Waals surface area contributed by atoms with Gasteiger partial charge in [-0.3, -0.25) is 4.79 Å². The molecule has 0 bridgehead atoms. The van der Waals surface area contributed by atoms with Gasteiger partial charge in [-0.05, 0) is 44.9 Å². The van der Waals surface area contributed by atoms with E-state index >= 15 is 0 Å². The van der Waals surface area contributed by atoms with Gasteiger partial charge in [0.15, 0.2) is 0 Å². The van der Waals surface area contributed by atoms with Gasteiger partial charge in [0.05, 0.1) is 0 Å². The van der Waals surface area contributed by atoms with Crippen LogP contribution in [0.25, 0.3) is 0 Å². The predicted octanol–water partition coefficient (Wildman–Crippen LogP) is 2.22. The highest BCUT2D eigenvalue weighted by molar-refractivity contribution is 5.85. The van der Waals surface area contributed by atoms with Crippen molar-refractivity contribution in [3.8, 4) is 0 Å². The molecule has 6 nitrogen and oxygen atoms in total. The number of nitrogens with two attached hydrogens (primary N) is 1. The lowest BCUT2D eigenvalue weighted by atomic mass is 9.88. The molecule has 3 N–H and O–H groups in total. The molecular formula is C18H35ClN4O2. The number of carbonyl (C=O) groups is 2. The highest BCUT2D eigenvalue weighted by atomic mass is 35.5. The molecule has 2 aliphatic rings. The summed E-state index contributed by atoms with van der Waals surface area (Å²) >= 11 is 0. The molecule has 0 aromatic heterocycles. The molecule has 0 aliphatic carbocycles. The zero-order chi connectivity index (χ0) is 17.7. The third-order valence-electron chi connectivity index (χ3n) is 5.25. The van der Waals surface area contributed by atoms with Gasteiger partial charge in [-0.1, -0.05) is 13.8 Å². The van der Waals surface area contributed by atoms with Crippen molar-refractivity contribution in [3.63, 3.8) is 0 Å². The monoisotopic (exact) mass is 374 g/mol. The fourth-order valence-electron chi connectivity index (χ4n) is 3.93. The van der Waals surface area contributed by atoms with Crippen molar-refractivity contribution in [3.05, 3.63) is 0 Å². The third-order valence-corrected chi connectivity index (χ3v) is 5.25. The van der Waals surface area contributed by atoms with Crippen molar-refractivity contribution >= 4 is 24.3 Å². The van der Waals surface area contributed by atoms with Gasteiger partial charge < -0.3 is 20.9 Å². The molecule has 0 radical (unpaired) electrons. The van der Waals surface area contributed by atoms with E-state index in [-0.39, 0.29) is 35.8 Å². The Morgan fingerprint density at radius 1 is 1.12 bits per heavy atom. The largest absolute Gasteiger partial charge is 0.349 e. The lowest BCUT2D eigenvalue weighted by molar-refractivity contribution is -0.128. The zero-order valence-corrected chi connectivity index (χ0v) is 16.7. The van der Waals surface area contributed by atoms with Crippen LogP contribution in [0.4, 0.5) is 4.79 Å². The Kier molecular flexibility index (Phi) is 8.48. The Balaban J connectivity index is 0.00000312. The van der Waals surface area contributed by atoms with Crippen LogP contribution < -0.4 is 11.1 Å². The fraction of sp³-hybridized carbons (Fsp3) is 0.889. The first kappa shape index (κ1) is 22.0. The minimum atomic E-state index is -0.340. The maximum absolute atomic E-state index is 12.6. The van der Waals surface area contributed by atoms with Crippen LogP contribution >= 0.6 is 12.4 Å². The number of hydrogen-bond donors (Lipinski definition) is 2. The summed E-state index contributed by atoms with van der Waals surface area (Å²) < 4.78 is 0. The first-order chi connectivity index (χ1) is 11.3. The second-order valence-electron chi connectivity index (χ2n) is 8.09. The summed E-state index contributed by atoms with van der Waals surface area (Å²) in [6, 6.07) is 0.151. The van der Waals surface area contributed by atoms with Crippen LogP contribution in [-0.2, 0) is 4.79 Å². The first-order valence-electron chi connectivity index (χ1n) is 9.40. The standard InChI is InChI=1S/C18H34N4O2.ClH/c1-14(2)12-18(3,13-19)20-16(23)15-6-10-22(11-7-15)17(24)21-8-4-5-9-21;/h14-15H,4-13,19H2,1-3H3,(H,20,23);1H. The Morgan fingerprint density at radius 2 is 1.64 bits per heavy atom. The van der Waals surface area contributed by atoms with E-state index < -0.39 is 0 Å². The summed E-state index contributed by atoms with van der Waals surface area (Å²) in [5, 5.41) is 3.17. The summed E-state index contributed by atoms with van der Waals surface area (Å²) in [5.74, 6) is 0.571. The molecular weight excluding hydrogens is 340 g/mol. The van der Waals surface area contributed by atoms with Crippen LogP contribution in [0.2, 0.25) is 0 Å².